The molecule has 4 nitrogen and oxygen atoms in total. The first-order chi connectivity index (χ1) is 8.41. The van der Waals surface area contributed by atoms with E-state index in [1.54, 1.807) is 6.07 Å². The largest absolute Gasteiger partial charge is 0.477 e. The van der Waals surface area contributed by atoms with Gasteiger partial charge in [-0.2, -0.15) is 0 Å². The van der Waals surface area contributed by atoms with Crippen molar-refractivity contribution < 1.29 is 9.90 Å². The fourth-order valence-corrected chi connectivity index (χ4v) is 2.42. The third-order valence-corrected chi connectivity index (χ3v) is 4.15. The normalized spacial score (nSPS) is 11.4. The van der Waals surface area contributed by atoms with Crippen LogP contribution in [0.1, 0.15) is 34.0 Å². The molecule has 2 N–H and O–H groups in total. The van der Waals surface area contributed by atoms with Crippen LogP contribution < -0.4 is 5.32 Å². The Bertz CT molecular complexity index is 402. The lowest BCUT2D eigenvalue weighted by atomic mass is 10.2. The minimum absolute atomic E-state index is 0.420. The third kappa shape index (κ3) is 4.40. The van der Waals surface area contributed by atoms with Crippen molar-refractivity contribution in [1.82, 2.24) is 10.2 Å². The molecular formula is C13H22N2O2S. The maximum Gasteiger partial charge on any atom is 0.345 e. The molecule has 1 aromatic rings. The van der Waals surface area contributed by atoms with Gasteiger partial charge in [-0.1, -0.05) is 0 Å². The molecule has 0 aliphatic heterocycles. The standard InChI is InChI=1S/C13H22N2O2S/c1-9(2)15(4)6-5-14-8-11-7-12(13(16)17)18-10(11)3/h7,9,14H,5-6,8H2,1-4H3,(H,16,17). The molecule has 0 saturated carbocycles. The third-order valence-electron chi connectivity index (χ3n) is 3.07. The molecule has 1 heterocycles. The fraction of sp³-hybridized carbons (Fsp3) is 0.615. The number of likely N-dealkylation sites (N-methyl/N-ethyl adjacent to an activating group) is 1. The van der Waals surface area contributed by atoms with Gasteiger partial charge < -0.3 is 15.3 Å². The van der Waals surface area contributed by atoms with Gasteiger partial charge in [-0.05, 0) is 39.4 Å². The number of hydrogen-bond acceptors (Lipinski definition) is 4. The second-order valence-electron chi connectivity index (χ2n) is 4.75. The molecule has 102 valence electrons. The first-order valence-electron chi connectivity index (χ1n) is 6.15. The van der Waals surface area contributed by atoms with Gasteiger partial charge in [0.15, 0.2) is 0 Å². The zero-order valence-electron chi connectivity index (χ0n) is 11.5. The summed E-state index contributed by atoms with van der Waals surface area (Å²) in [6.45, 7) is 8.94. The lowest BCUT2D eigenvalue weighted by Gasteiger charge is -2.20. The van der Waals surface area contributed by atoms with Crippen LogP contribution >= 0.6 is 11.3 Å². The molecule has 0 spiro atoms. The van der Waals surface area contributed by atoms with Crippen LogP contribution in [0.25, 0.3) is 0 Å². The van der Waals surface area contributed by atoms with Crippen LogP contribution in [0, 0.1) is 6.92 Å². The number of aryl methyl sites for hydroxylation is 1. The first-order valence-corrected chi connectivity index (χ1v) is 6.97. The molecule has 0 radical (unpaired) electrons. The van der Waals surface area contributed by atoms with Crippen molar-refractivity contribution in [1.29, 1.82) is 0 Å². The summed E-state index contributed by atoms with van der Waals surface area (Å²) in [6.07, 6.45) is 0. The number of thiophene rings is 1. The predicted molar refractivity (Wildman–Crippen MR) is 75.5 cm³/mol. The monoisotopic (exact) mass is 270 g/mol. The molecule has 5 heteroatoms. The zero-order valence-corrected chi connectivity index (χ0v) is 12.3. The van der Waals surface area contributed by atoms with Crippen molar-refractivity contribution in [3.05, 3.63) is 21.4 Å². The van der Waals surface area contributed by atoms with E-state index in [0.29, 0.717) is 10.9 Å². The number of nitrogens with zero attached hydrogens (tertiary/aromatic N) is 1. The average Bonchev–Trinajstić information content (AvgIpc) is 2.66. The SMILES string of the molecule is Cc1sc(C(=O)O)cc1CNCCN(C)C(C)C. The summed E-state index contributed by atoms with van der Waals surface area (Å²) < 4.78 is 0. The number of carboxylic acid groups (broad SMARTS) is 1. The van der Waals surface area contributed by atoms with E-state index in [2.05, 4.69) is 31.1 Å². The van der Waals surface area contributed by atoms with E-state index in [0.717, 1.165) is 30.1 Å². The molecule has 18 heavy (non-hydrogen) atoms. The highest BCUT2D eigenvalue weighted by Gasteiger charge is 2.10. The van der Waals surface area contributed by atoms with E-state index in [1.165, 1.54) is 11.3 Å². The molecule has 1 rings (SSSR count). The number of aromatic carboxylic acids is 1. The van der Waals surface area contributed by atoms with Crippen molar-refractivity contribution in [3.63, 3.8) is 0 Å². The molecule has 0 aromatic carbocycles. The summed E-state index contributed by atoms with van der Waals surface area (Å²) in [5.74, 6) is -0.839. The van der Waals surface area contributed by atoms with Crippen molar-refractivity contribution in [2.75, 3.05) is 20.1 Å². The van der Waals surface area contributed by atoms with Crippen LogP contribution in [0.4, 0.5) is 0 Å². The number of nitrogens with one attached hydrogen (secondary N) is 1. The predicted octanol–water partition coefficient (Wildman–Crippen LogP) is 2.18. The number of hydrogen-bond donors (Lipinski definition) is 2. The first kappa shape index (κ1) is 15.1. The molecule has 1 aromatic heterocycles. The van der Waals surface area contributed by atoms with Gasteiger partial charge in [0.05, 0.1) is 0 Å². The van der Waals surface area contributed by atoms with Gasteiger partial charge in [0.25, 0.3) is 0 Å². The fourth-order valence-electron chi connectivity index (χ4n) is 1.54. The van der Waals surface area contributed by atoms with Gasteiger partial charge in [-0.25, -0.2) is 4.79 Å². The van der Waals surface area contributed by atoms with Gasteiger partial charge >= 0.3 is 5.97 Å². The summed E-state index contributed by atoms with van der Waals surface area (Å²) in [6, 6.07) is 2.31. The zero-order chi connectivity index (χ0) is 13.7. The van der Waals surface area contributed by atoms with Crippen molar-refractivity contribution in [2.45, 2.75) is 33.4 Å². The molecule has 0 amide bonds. The lowest BCUT2D eigenvalue weighted by molar-refractivity contribution is 0.0702. The number of rotatable bonds is 7. The van der Waals surface area contributed by atoms with E-state index in [4.69, 9.17) is 5.11 Å². The van der Waals surface area contributed by atoms with Gasteiger partial charge in [-0.3, -0.25) is 0 Å². The quantitative estimate of drug-likeness (QED) is 0.746. The van der Waals surface area contributed by atoms with E-state index in [-0.39, 0.29) is 0 Å². The number of carbonyl (C=O) groups is 1. The summed E-state index contributed by atoms with van der Waals surface area (Å²) >= 11 is 1.34. The van der Waals surface area contributed by atoms with E-state index >= 15 is 0 Å². The number of carboxylic acids is 1. The Morgan fingerprint density at radius 1 is 1.56 bits per heavy atom. The van der Waals surface area contributed by atoms with Crippen molar-refractivity contribution in [3.8, 4) is 0 Å². The lowest BCUT2D eigenvalue weighted by Crippen LogP contribution is -2.33. The maximum atomic E-state index is 10.8. The van der Waals surface area contributed by atoms with E-state index < -0.39 is 5.97 Å². The minimum Gasteiger partial charge on any atom is -0.477 e. The van der Waals surface area contributed by atoms with Crippen LogP contribution in [-0.4, -0.2) is 42.2 Å². The Hall–Kier alpha value is -0.910. The topological polar surface area (TPSA) is 52.6 Å². The highest BCUT2D eigenvalue weighted by molar-refractivity contribution is 7.14. The van der Waals surface area contributed by atoms with Crippen LogP contribution in [0.15, 0.2) is 6.07 Å². The Labute approximate surface area is 113 Å². The molecule has 0 fully saturated rings. The molecule has 0 aliphatic rings. The van der Waals surface area contributed by atoms with Crippen LogP contribution in [0.5, 0.6) is 0 Å². The van der Waals surface area contributed by atoms with E-state index in [9.17, 15) is 4.79 Å². The molecule has 0 unspecified atom stereocenters. The van der Waals surface area contributed by atoms with Crippen molar-refractivity contribution >= 4 is 17.3 Å². The summed E-state index contributed by atoms with van der Waals surface area (Å²) in [4.78, 5) is 14.6. The van der Waals surface area contributed by atoms with Gasteiger partial charge in [0, 0.05) is 30.6 Å². The Kier molecular flexibility index (Phi) is 5.78. The van der Waals surface area contributed by atoms with E-state index in [1.807, 2.05) is 6.92 Å². The summed E-state index contributed by atoms with van der Waals surface area (Å²) in [5.41, 5.74) is 1.09. The highest BCUT2D eigenvalue weighted by atomic mass is 32.1. The molecule has 0 aliphatic carbocycles. The molecule has 0 saturated heterocycles. The Morgan fingerprint density at radius 3 is 2.72 bits per heavy atom. The highest BCUT2D eigenvalue weighted by Crippen LogP contribution is 2.21. The Balaban J connectivity index is 2.38. The van der Waals surface area contributed by atoms with Crippen LogP contribution in [0.2, 0.25) is 0 Å². The maximum absolute atomic E-state index is 10.8. The summed E-state index contributed by atoms with van der Waals surface area (Å²) in [7, 11) is 2.10. The molecular weight excluding hydrogens is 248 g/mol. The average molecular weight is 270 g/mol. The molecule has 0 atom stereocenters. The van der Waals surface area contributed by atoms with Gasteiger partial charge in [0.2, 0.25) is 0 Å². The van der Waals surface area contributed by atoms with Gasteiger partial charge in [-0.15, -0.1) is 11.3 Å². The smallest absolute Gasteiger partial charge is 0.345 e. The molecule has 0 bridgehead atoms. The summed E-state index contributed by atoms with van der Waals surface area (Å²) in [5, 5.41) is 12.3. The van der Waals surface area contributed by atoms with Crippen LogP contribution in [0.3, 0.4) is 0 Å². The van der Waals surface area contributed by atoms with Crippen molar-refractivity contribution in [2.24, 2.45) is 0 Å². The minimum atomic E-state index is -0.839. The second-order valence-corrected chi connectivity index (χ2v) is 6.00. The Morgan fingerprint density at radius 2 is 2.22 bits per heavy atom. The van der Waals surface area contributed by atoms with Gasteiger partial charge in [0.1, 0.15) is 4.88 Å². The second kappa shape index (κ2) is 6.87. The van der Waals surface area contributed by atoms with Crippen LogP contribution in [-0.2, 0) is 6.54 Å².